The third-order valence-corrected chi connectivity index (χ3v) is 6.69. The molecule has 9 heteroatoms. The van der Waals surface area contributed by atoms with Crippen molar-refractivity contribution in [1.82, 2.24) is 9.21 Å². The minimum atomic E-state index is -3.61. The quantitative estimate of drug-likeness (QED) is 0.851. The molecule has 1 N–H and O–H groups in total. The van der Waals surface area contributed by atoms with E-state index >= 15 is 0 Å². The van der Waals surface area contributed by atoms with E-state index in [0.29, 0.717) is 18.0 Å². The molecule has 0 spiro atoms. The number of carboxylic acid groups (broad SMARTS) is 1. The van der Waals surface area contributed by atoms with E-state index in [1.54, 1.807) is 4.90 Å². The van der Waals surface area contributed by atoms with E-state index in [9.17, 15) is 18.0 Å². The largest absolute Gasteiger partial charge is 0.481 e. The highest BCUT2D eigenvalue weighted by atomic mass is 32.2. The van der Waals surface area contributed by atoms with Crippen molar-refractivity contribution in [3.8, 4) is 0 Å². The lowest BCUT2D eigenvalue weighted by molar-refractivity contribution is -0.136. The van der Waals surface area contributed by atoms with Gasteiger partial charge in [0.15, 0.2) is 0 Å². The summed E-state index contributed by atoms with van der Waals surface area (Å²) in [6.45, 7) is 2.73. The van der Waals surface area contributed by atoms with Gasteiger partial charge in [-0.3, -0.25) is 9.59 Å². The molecule has 0 atom stereocenters. The molecule has 1 fully saturated rings. The number of carbonyl (C=O) groups excluding carboxylic acids is 1. The molecule has 1 aromatic rings. The molecular formula is C12H16N2O5S2. The summed E-state index contributed by atoms with van der Waals surface area (Å²) in [6, 6.07) is 2.97. The Kier molecular flexibility index (Phi) is 4.64. The van der Waals surface area contributed by atoms with Crippen LogP contribution in [0.1, 0.15) is 11.8 Å². The molecule has 7 nitrogen and oxygen atoms in total. The molecule has 21 heavy (non-hydrogen) atoms. The number of nitrogens with zero attached hydrogens (tertiary/aromatic N) is 2. The first-order chi connectivity index (χ1) is 9.80. The van der Waals surface area contributed by atoms with Gasteiger partial charge in [-0.1, -0.05) is 0 Å². The van der Waals surface area contributed by atoms with Crippen molar-refractivity contribution < 1.29 is 23.1 Å². The molecule has 116 valence electrons. The molecule has 2 rings (SSSR count). The Balaban J connectivity index is 2.10. The van der Waals surface area contributed by atoms with E-state index in [0.717, 1.165) is 11.3 Å². The van der Waals surface area contributed by atoms with Gasteiger partial charge in [0.25, 0.3) is 10.0 Å². The zero-order valence-corrected chi connectivity index (χ0v) is 13.1. The van der Waals surface area contributed by atoms with E-state index in [1.807, 2.05) is 0 Å². The number of hydrogen-bond donors (Lipinski definition) is 1. The fourth-order valence-electron chi connectivity index (χ4n) is 2.11. The van der Waals surface area contributed by atoms with Crippen LogP contribution in [0.25, 0.3) is 0 Å². The SMILES string of the molecule is CC(=O)N1CCN(S(=O)(=O)c2ccc(CC(=O)O)s2)CC1. The summed E-state index contributed by atoms with van der Waals surface area (Å²) < 4.78 is 26.4. The van der Waals surface area contributed by atoms with Crippen LogP contribution in [-0.4, -0.2) is 60.8 Å². The summed E-state index contributed by atoms with van der Waals surface area (Å²) in [5, 5.41) is 8.72. The molecule has 1 aromatic heterocycles. The summed E-state index contributed by atoms with van der Waals surface area (Å²) in [6.07, 6.45) is -0.182. The molecule has 0 saturated carbocycles. The van der Waals surface area contributed by atoms with Gasteiger partial charge in [0.1, 0.15) is 4.21 Å². The van der Waals surface area contributed by atoms with Gasteiger partial charge in [0.2, 0.25) is 5.91 Å². The van der Waals surface area contributed by atoms with Crippen LogP contribution in [0, 0.1) is 0 Å². The number of hydrogen-bond acceptors (Lipinski definition) is 5. The van der Waals surface area contributed by atoms with E-state index in [4.69, 9.17) is 5.11 Å². The van der Waals surface area contributed by atoms with Crippen molar-refractivity contribution in [3.05, 3.63) is 17.0 Å². The number of aliphatic carboxylic acids is 1. The first-order valence-corrected chi connectivity index (χ1v) is 8.62. The van der Waals surface area contributed by atoms with Crippen LogP contribution in [0.15, 0.2) is 16.3 Å². The number of carboxylic acids is 1. The maximum absolute atomic E-state index is 12.4. The Morgan fingerprint density at radius 3 is 2.38 bits per heavy atom. The first kappa shape index (κ1) is 15.9. The highest BCUT2D eigenvalue weighted by Gasteiger charge is 2.30. The molecule has 0 unspecified atom stereocenters. The Bertz CT molecular complexity index is 644. The maximum atomic E-state index is 12.4. The summed E-state index contributed by atoms with van der Waals surface area (Å²) in [7, 11) is -3.61. The van der Waals surface area contributed by atoms with E-state index < -0.39 is 16.0 Å². The topological polar surface area (TPSA) is 95.0 Å². The second-order valence-corrected chi connectivity index (χ2v) is 8.03. The minimum absolute atomic E-state index is 0.0630. The average Bonchev–Trinajstić information content (AvgIpc) is 2.87. The molecule has 2 heterocycles. The second kappa shape index (κ2) is 6.12. The van der Waals surface area contributed by atoms with Gasteiger partial charge in [-0.15, -0.1) is 11.3 Å². The normalized spacial score (nSPS) is 16.9. The van der Waals surface area contributed by atoms with Crippen LogP contribution in [0.3, 0.4) is 0 Å². The maximum Gasteiger partial charge on any atom is 0.308 e. The van der Waals surface area contributed by atoms with Crippen LogP contribution >= 0.6 is 11.3 Å². The van der Waals surface area contributed by atoms with E-state index in [2.05, 4.69) is 0 Å². The molecule has 1 aliphatic heterocycles. The molecule has 1 aliphatic rings. The summed E-state index contributed by atoms with van der Waals surface area (Å²) in [5.74, 6) is -1.05. The Labute approximate surface area is 126 Å². The average molecular weight is 332 g/mol. The number of piperazine rings is 1. The highest BCUT2D eigenvalue weighted by molar-refractivity contribution is 7.91. The van der Waals surface area contributed by atoms with Gasteiger partial charge < -0.3 is 10.0 Å². The summed E-state index contributed by atoms with van der Waals surface area (Å²) >= 11 is 0.978. The monoisotopic (exact) mass is 332 g/mol. The molecule has 0 aromatic carbocycles. The molecule has 0 aliphatic carbocycles. The van der Waals surface area contributed by atoms with Gasteiger partial charge in [0, 0.05) is 38.0 Å². The van der Waals surface area contributed by atoms with Gasteiger partial charge in [0.05, 0.1) is 6.42 Å². The molecule has 0 bridgehead atoms. The van der Waals surface area contributed by atoms with Crippen LogP contribution in [0.5, 0.6) is 0 Å². The molecule has 1 amide bonds. The fraction of sp³-hybridized carbons (Fsp3) is 0.500. The van der Waals surface area contributed by atoms with E-state index in [-0.39, 0.29) is 29.6 Å². The van der Waals surface area contributed by atoms with Crippen molar-refractivity contribution in [2.45, 2.75) is 17.6 Å². The van der Waals surface area contributed by atoms with Crippen molar-refractivity contribution in [2.75, 3.05) is 26.2 Å². The Hall–Kier alpha value is -1.45. The number of sulfonamides is 1. The lowest BCUT2D eigenvalue weighted by Gasteiger charge is -2.33. The Morgan fingerprint density at radius 1 is 1.24 bits per heavy atom. The Morgan fingerprint density at radius 2 is 1.86 bits per heavy atom. The van der Waals surface area contributed by atoms with Crippen molar-refractivity contribution >= 4 is 33.2 Å². The summed E-state index contributed by atoms with van der Waals surface area (Å²) in [5.41, 5.74) is 0. The lowest BCUT2D eigenvalue weighted by Crippen LogP contribution is -2.49. The smallest absolute Gasteiger partial charge is 0.308 e. The van der Waals surface area contributed by atoms with Crippen LogP contribution in [0.4, 0.5) is 0 Å². The molecule has 1 saturated heterocycles. The fourth-order valence-corrected chi connectivity index (χ4v) is 5.03. The lowest BCUT2D eigenvalue weighted by atomic mass is 10.3. The predicted molar refractivity (Wildman–Crippen MR) is 76.7 cm³/mol. The first-order valence-electron chi connectivity index (χ1n) is 6.37. The zero-order chi connectivity index (χ0) is 15.6. The van der Waals surface area contributed by atoms with Crippen LogP contribution in [0.2, 0.25) is 0 Å². The van der Waals surface area contributed by atoms with Crippen molar-refractivity contribution in [3.63, 3.8) is 0 Å². The number of amides is 1. The number of rotatable bonds is 4. The number of carbonyl (C=O) groups is 2. The van der Waals surface area contributed by atoms with Crippen LogP contribution in [-0.2, 0) is 26.0 Å². The minimum Gasteiger partial charge on any atom is -0.481 e. The molecule has 0 radical (unpaired) electrons. The van der Waals surface area contributed by atoms with Gasteiger partial charge >= 0.3 is 5.97 Å². The van der Waals surface area contributed by atoms with Gasteiger partial charge in [-0.2, -0.15) is 4.31 Å². The van der Waals surface area contributed by atoms with Gasteiger partial charge in [-0.25, -0.2) is 8.42 Å². The van der Waals surface area contributed by atoms with E-state index in [1.165, 1.54) is 23.4 Å². The third kappa shape index (κ3) is 3.60. The van der Waals surface area contributed by atoms with Gasteiger partial charge in [-0.05, 0) is 12.1 Å². The molecular weight excluding hydrogens is 316 g/mol. The number of thiophene rings is 1. The standard InChI is InChI=1S/C12H16N2O5S2/c1-9(15)13-4-6-14(7-5-13)21(18,19)12-3-2-10(20-12)8-11(16)17/h2-3H,4-8H2,1H3,(H,16,17). The van der Waals surface area contributed by atoms with Crippen molar-refractivity contribution in [2.24, 2.45) is 0 Å². The van der Waals surface area contributed by atoms with Crippen LogP contribution < -0.4 is 0 Å². The highest BCUT2D eigenvalue weighted by Crippen LogP contribution is 2.26. The zero-order valence-electron chi connectivity index (χ0n) is 11.5. The van der Waals surface area contributed by atoms with Crippen molar-refractivity contribution in [1.29, 1.82) is 0 Å². The second-order valence-electron chi connectivity index (χ2n) is 4.70. The third-order valence-electron chi connectivity index (χ3n) is 3.24. The predicted octanol–water partition coefficient (Wildman–Crippen LogP) is 0.228. The summed E-state index contributed by atoms with van der Waals surface area (Å²) in [4.78, 5) is 24.0.